The molecule has 2 aliphatic rings. The monoisotopic (exact) mass is 395 g/mol. The van der Waals surface area contributed by atoms with Crippen molar-refractivity contribution < 1.29 is 14.1 Å². The summed E-state index contributed by atoms with van der Waals surface area (Å²) in [5.74, 6) is 1.06. The first-order valence-electron chi connectivity index (χ1n) is 10.6. The molecule has 0 unspecified atom stereocenters. The molecule has 1 aromatic carbocycles. The highest BCUT2D eigenvalue weighted by Gasteiger charge is 2.46. The van der Waals surface area contributed by atoms with Crippen LogP contribution in [0.3, 0.4) is 0 Å². The first-order valence-corrected chi connectivity index (χ1v) is 10.6. The molecule has 1 aromatic heterocycles. The molecule has 2 heterocycles. The lowest BCUT2D eigenvalue weighted by atomic mass is 9.75. The van der Waals surface area contributed by atoms with Gasteiger partial charge in [0.25, 0.3) is 0 Å². The van der Waals surface area contributed by atoms with Crippen LogP contribution >= 0.6 is 0 Å². The number of hydrogen-bond acceptors (Lipinski definition) is 4. The fourth-order valence-electron chi connectivity index (χ4n) is 4.26. The molecular weight excluding hydrogens is 366 g/mol. The lowest BCUT2D eigenvalue weighted by molar-refractivity contribution is -0.142. The number of piperidine rings is 1. The van der Waals surface area contributed by atoms with Gasteiger partial charge in [-0.25, -0.2) is 0 Å². The van der Waals surface area contributed by atoms with Crippen molar-refractivity contribution in [1.29, 1.82) is 0 Å². The van der Waals surface area contributed by atoms with E-state index in [-0.39, 0.29) is 17.7 Å². The molecule has 4 rings (SSSR count). The zero-order valence-corrected chi connectivity index (χ0v) is 17.2. The average Bonchev–Trinajstić information content (AvgIpc) is 3.48. The van der Waals surface area contributed by atoms with Crippen LogP contribution in [0.25, 0.3) is 11.3 Å². The minimum atomic E-state index is -0.664. The number of nitrogens with zero attached hydrogens (tertiary/aromatic N) is 2. The Bertz CT molecular complexity index is 885. The number of amides is 2. The molecule has 1 aliphatic carbocycles. The second kappa shape index (κ2) is 8.01. The van der Waals surface area contributed by atoms with E-state index in [1.807, 2.05) is 49.1 Å². The number of aromatic nitrogens is 1. The van der Waals surface area contributed by atoms with Crippen molar-refractivity contribution in [2.75, 3.05) is 19.6 Å². The highest BCUT2D eigenvalue weighted by atomic mass is 16.5. The van der Waals surface area contributed by atoms with Crippen LogP contribution in [0.2, 0.25) is 0 Å². The number of carbonyl (C=O) groups is 2. The van der Waals surface area contributed by atoms with Gasteiger partial charge in [0.1, 0.15) is 11.5 Å². The topological polar surface area (TPSA) is 75.4 Å². The zero-order valence-electron chi connectivity index (χ0n) is 17.2. The predicted octanol–water partition coefficient (Wildman–Crippen LogP) is 3.35. The molecule has 6 heteroatoms. The summed E-state index contributed by atoms with van der Waals surface area (Å²) in [5.41, 5.74) is 2.29. The van der Waals surface area contributed by atoms with Crippen LogP contribution in [0.4, 0.5) is 0 Å². The molecule has 6 nitrogen and oxygen atoms in total. The third-order valence-corrected chi connectivity index (χ3v) is 6.05. The summed E-state index contributed by atoms with van der Waals surface area (Å²) in [5, 5.41) is 7.21. The van der Waals surface area contributed by atoms with E-state index in [1.54, 1.807) is 0 Å². The van der Waals surface area contributed by atoms with E-state index in [1.165, 1.54) is 5.56 Å². The van der Waals surface area contributed by atoms with E-state index in [4.69, 9.17) is 4.52 Å². The second-order valence-electron chi connectivity index (χ2n) is 8.50. The molecule has 2 amide bonds. The van der Waals surface area contributed by atoms with Gasteiger partial charge in [0.2, 0.25) is 11.8 Å². The average molecular weight is 396 g/mol. The molecule has 1 N–H and O–H groups in total. The first kappa shape index (κ1) is 19.7. The van der Waals surface area contributed by atoms with Crippen molar-refractivity contribution in [3.8, 4) is 11.3 Å². The van der Waals surface area contributed by atoms with Gasteiger partial charge >= 0.3 is 0 Å². The van der Waals surface area contributed by atoms with E-state index in [2.05, 4.69) is 10.5 Å². The van der Waals surface area contributed by atoms with Crippen LogP contribution < -0.4 is 5.32 Å². The molecule has 1 saturated heterocycles. The summed E-state index contributed by atoms with van der Waals surface area (Å²) in [6, 6.07) is 10.1. The van der Waals surface area contributed by atoms with Gasteiger partial charge in [-0.05, 0) is 39.5 Å². The predicted molar refractivity (Wildman–Crippen MR) is 110 cm³/mol. The van der Waals surface area contributed by atoms with E-state index in [0.717, 1.165) is 43.5 Å². The van der Waals surface area contributed by atoms with E-state index >= 15 is 0 Å². The quantitative estimate of drug-likeness (QED) is 0.814. The van der Waals surface area contributed by atoms with Crippen LogP contribution in [-0.2, 0) is 16.0 Å². The number of rotatable bonds is 6. The van der Waals surface area contributed by atoms with Crippen molar-refractivity contribution in [3.63, 3.8) is 0 Å². The Morgan fingerprint density at radius 3 is 2.72 bits per heavy atom. The Balaban J connectivity index is 1.56. The maximum absolute atomic E-state index is 13.1. The number of hydrogen-bond donors (Lipinski definition) is 1. The summed E-state index contributed by atoms with van der Waals surface area (Å²) < 4.78 is 5.63. The van der Waals surface area contributed by atoms with Crippen LogP contribution in [0.1, 0.15) is 43.9 Å². The van der Waals surface area contributed by atoms with Gasteiger partial charge in [0, 0.05) is 43.6 Å². The van der Waals surface area contributed by atoms with Crippen molar-refractivity contribution in [3.05, 3.63) is 41.7 Å². The fourth-order valence-corrected chi connectivity index (χ4v) is 4.26. The van der Waals surface area contributed by atoms with Gasteiger partial charge in [0.15, 0.2) is 0 Å². The van der Waals surface area contributed by atoms with E-state index in [0.29, 0.717) is 25.3 Å². The Morgan fingerprint density at radius 2 is 2.03 bits per heavy atom. The van der Waals surface area contributed by atoms with Crippen molar-refractivity contribution >= 4 is 11.8 Å². The standard InChI is InChI=1S/C23H29N3O3/c1-3-24-22(28)23(11-4-12-26(15-23)21(27)18-9-10-18)14-19-13-20(25-29-19)17-7-5-16(2)6-8-17/h5-8,13,18H,3-4,9-12,14-15H2,1-2H3,(H,24,28)/t23-/m0/s1. The fraction of sp³-hybridized carbons (Fsp3) is 0.522. The zero-order chi connectivity index (χ0) is 20.4. The van der Waals surface area contributed by atoms with Gasteiger partial charge in [0.05, 0.1) is 5.41 Å². The Hall–Kier alpha value is -2.63. The molecule has 1 aliphatic heterocycles. The van der Waals surface area contributed by atoms with Crippen LogP contribution in [0, 0.1) is 18.3 Å². The molecular formula is C23H29N3O3. The number of likely N-dealkylation sites (tertiary alicyclic amines) is 1. The van der Waals surface area contributed by atoms with E-state index < -0.39 is 5.41 Å². The summed E-state index contributed by atoms with van der Waals surface area (Å²) in [7, 11) is 0. The third-order valence-electron chi connectivity index (χ3n) is 6.05. The highest BCUT2D eigenvalue weighted by Crippen LogP contribution is 2.38. The lowest BCUT2D eigenvalue weighted by Gasteiger charge is -2.41. The maximum Gasteiger partial charge on any atom is 0.228 e. The molecule has 1 atom stereocenters. The highest BCUT2D eigenvalue weighted by molar-refractivity contribution is 5.86. The maximum atomic E-state index is 13.1. The number of aryl methyl sites for hydroxylation is 1. The molecule has 1 saturated carbocycles. The van der Waals surface area contributed by atoms with Gasteiger partial charge < -0.3 is 14.7 Å². The van der Waals surface area contributed by atoms with Gasteiger partial charge in [-0.1, -0.05) is 35.0 Å². The molecule has 0 bridgehead atoms. The lowest BCUT2D eigenvalue weighted by Crippen LogP contribution is -2.54. The number of nitrogens with one attached hydrogen (secondary N) is 1. The normalized spacial score (nSPS) is 21.8. The molecule has 2 aromatic rings. The Kier molecular flexibility index (Phi) is 5.43. The second-order valence-corrected chi connectivity index (χ2v) is 8.50. The Labute approximate surface area is 171 Å². The van der Waals surface area contributed by atoms with Gasteiger partial charge in [-0.15, -0.1) is 0 Å². The smallest absolute Gasteiger partial charge is 0.228 e. The number of carbonyl (C=O) groups excluding carboxylic acids is 2. The third kappa shape index (κ3) is 4.21. The largest absolute Gasteiger partial charge is 0.361 e. The summed E-state index contributed by atoms with van der Waals surface area (Å²) >= 11 is 0. The van der Waals surface area contributed by atoms with Crippen LogP contribution in [0.15, 0.2) is 34.9 Å². The van der Waals surface area contributed by atoms with Crippen LogP contribution in [0.5, 0.6) is 0 Å². The van der Waals surface area contributed by atoms with Crippen molar-refractivity contribution in [1.82, 2.24) is 15.4 Å². The molecule has 0 spiro atoms. The minimum absolute atomic E-state index is 0.00147. The van der Waals surface area contributed by atoms with Gasteiger partial charge in [-0.2, -0.15) is 0 Å². The number of benzene rings is 1. The van der Waals surface area contributed by atoms with Crippen molar-refractivity contribution in [2.45, 2.75) is 46.0 Å². The molecule has 2 fully saturated rings. The summed E-state index contributed by atoms with van der Waals surface area (Å²) in [6.07, 6.45) is 3.98. The molecule has 154 valence electrons. The molecule has 0 radical (unpaired) electrons. The van der Waals surface area contributed by atoms with Crippen molar-refractivity contribution in [2.24, 2.45) is 11.3 Å². The minimum Gasteiger partial charge on any atom is -0.361 e. The summed E-state index contributed by atoms with van der Waals surface area (Å²) in [4.78, 5) is 27.6. The van der Waals surface area contributed by atoms with Gasteiger partial charge in [-0.3, -0.25) is 9.59 Å². The van der Waals surface area contributed by atoms with Crippen LogP contribution in [-0.4, -0.2) is 41.5 Å². The van der Waals surface area contributed by atoms with E-state index in [9.17, 15) is 9.59 Å². The SMILES string of the molecule is CCNC(=O)[C@]1(Cc2cc(-c3ccc(C)cc3)no2)CCCN(C(=O)C2CC2)C1. The molecule has 29 heavy (non-hydrogen) atoms. The summed E-state index contributed by atoms with van der Waals surface area (Å²) in [6.45, 7) is 5.73. The first-order chi connectivity index (χ1) is 14.0. The Morgan fingerprint density at radius 1 is 1.28 bits per heavy atom.